The molecule has 0 aliphatic heterocycles. The predicted molar refractivity (Wildman–Crippen MR) is 114 cm³/mol. The van der Waals surface area contributed by atoms with E-state index in [1.807, 2.05) is 32.0 Å². The van der Waals surface area contributed by atoms with Gasteiger partial charge in [0.2, 0.25) is 0 Å². The first kappa shape index (κ1) is 21.1. The molecule has 1 unspecified atom stereocenters. The van der Waals surface area contributed by atoms with Gasteiger partial charge in [-0.3, -0.25) is 0 Å². The molecule has 1 aromatic heterocycles. The molecule has 2 aromatic carbocycles. The third kappa shape index (κ3) is 4.69. The minimum atomic E-state index is -4.35. The number of alkyl halides is 3. The van der Waals surface area contributed by atoms with Crippen LogP contribution in [0, 0.1) is 17.3 Å². The number of hydrogen-bond acceptors (Lipinski definition) is 3. The summed E-state index contributed by atoms with van der Waals surface area (Å²) in [5.41, 5.74) is 7.31. The van der Waals surface area contributed by atoms with Crippen molar-refractivity contribution in [2.75, 3.05) is 0 Å². The van der Waals surface area contributed by atoms with Crippen LogP contribution in [0.5, 0.6) is 0 Å². The molecule has 2 nitrogen and oxygen atoms in total. The molecular weight excluding hydrogens is 393 g/mol. The van der Waals surface area contributed by atoms with Crippen molar-refractivity contribution in [3.05, 3.63) is 66.2 Å². The second-order valence-corrected chi connectivity index (χ2v) is 8.22. The van der Waals surface area contributed by atoms with E-state index in [9.17, 15) is 13.2 Å². The van der Waals surface area contributed by atoms with Crippen LogP contribution in [0.1, 0.15) is 31.4 Å². The molecule has 0 fully saturated rings. The number of halogens is 3. The molecular formula is C23H21F3N2S. The fourth-order valence-electron chi connectivity index (χ4n) is 2.84. The second-order valence-electron chi connectivity index (χ2n) is 7.42. The molecule has 2 N–H and O–H groups in total. The summed E-state index contributed by atoms with van der Waals surface area (Å²) in [5.74, 6) is 6.42. The Bertz CT molecular complexity index is 1080. The Hall–Kier alpha value is -2.62. The first-order valence-corrected chi connectivity index (χ1v) is 9.86. The van der Waals surface area contributed by atoms with Crippen molar-refractivity contribution in [2.24, 2.45) is 11.1 Å². The monoisotopic (exact) mass is 414 g/mol. The highest BCUT2D eigenvalue weighted by atomic mass is 32.1. The number of nitrogens with zero attached hydrogens (tertiary/aromatic N) is 1. The Balaban J connectivity index is 1.89. The summed E-state index contributed by atoms with van der Waals surface area (Å²) in [6, 6.07) is 10.7. The van der Waals surface area contributed by atoms with Crippen LogP contribution < -0.4 is 5.73 Å². The Morgan fingerprint density at radius 3 is 2.48 bits per heavy atom. The number of benzene rings is 2. The molecule has 6 heteroatoms. The van der Waals surface area contributed by atoms with Gasteiger partial charge in [-0.1, -0.05) is 36.1 Å². The number of rotatable bonds is 4. The zero-order valence-electron chi connectivity index (χ0n) is 16.2. The summed E-state index contributed by atoms with van der Waals surface area (Å²) >= 11 is 1.30. The summed E-state index contributed by atoms with van der Waals surface area (Å²) in [4.78, 5) is 0. The maximum atomic E-state index is 12.8. The van der Waals surface area contributed by atoms with Crippen molar-refractivity contribution in [2.45, 2.75) is 32.5 Å². The highest BCUT2D eigenvalue weighted by Crippen LogP contribution is 2.34. The molecule has 0 saturated heterocycles. The van der Waals surface area contributed by atoms with Crippen LogP contribution in [0.25, 0.3) is 21.3 Å². The first-order chi connectivity index (χ1) is 13.6. The number of nitrogens with two attached hydrogens (primary N) is 1. The number of aromatic nitrogens is 1. The van der Waals surface area contributed by atoms with Gasteiger partial charge < -0.3 is 5.73 Å². The maximum absolute atomic E-state index is 12.8. The topological polar surface area (TPSA) is 38.9 Å². The highest BCUT2D eigenvalue weighted by molar-refractivity contribution is 7.13. The Kier molecular flexibility index (Phi) is 5.83. The van der Waals surface area contributed by atoms with E-state index in [-0.39, 0.29) is 11.5 Å². The van der Waals surface area contributed by atoms with E-state index in [0.29, 0.717) is 17.7 Å². The minimum absolute atomic E-state index is 0.106. The van der Waals surface area contributed by atoms with Gasteiger partial charge in [-0.05, 0) is 56.1 Å². The zero-order valence-corrected chi connectivity index (χ0v) is 17.0. The van der Waals surface area contributed by atoms with Gasteiger partial charge in [0.15, 0.2) is 0 Å². The summed E-state index contributed by atoms with van der Waals surface area (Å²) in [6.45, 7) is 7.73. The van der Waals surface area contributed by atoms with Crippen LogP contribution >= 0.6 is 11.5 Å². The maximum Gasteiger partial charge on any atom is 0.416 e. The van der Waals surface area contributed by atoms with Gasteiger partial charge in [-0.15, -0.1) is 6.58 Å². The molecule has 3 rings (SSSR count). The van der Waals surface area contributed by atoms with Gasteiger partial charge in [0.25, 0.3) is 0 Å². The van der Waals surface area contributed by atoms with E-state index in [1.165, 1.54) is 23.7 Å². The minimum Gasteiger partial charge on any atom is -0.326 e. The van der Waals surface area contributed by atoms with Crippen LogP contribution in [0.3, 0.4) is 0 Å². The lowest BCUT2D eigenvalue weighted by atomic mass is 9.83. The van der Waals surface area contributed by atoms with Gasteiger partial charge in [0.05, 0.1) is 16.0 Å². The van der Waals surface area contributed by atoms with E-state index in [0.717, 1.165) is 27.8 Å². The van der Waals surface area contributed by atoms with Crippen LogP contribution in [0.15, 0.2) is 55.1 Å². The third-order valence-corrected chi connectivity index (χ3v) is 5.64. The summed E-state index contributed by atoms with van der Waals surface area (Å²) in [7, 11) is 0. The van der Waals surface area contributed by atoms with Crippen molar-refractivity contribution in [3.8, 4) is 23.1 Å². The van der Waals surface area contributed by atoms with Crippen LogP contribution in [0.4, 0.5) is 13.2 Å². The lowest BCUT2D eigenvalue weighted by Crippen LogP contribution is -2.35. The van der Waals surface area contributed by atoms with Crippen LogP contribution in [0.2, 0.25) is 0 Å². The van der Waals surface area contributed by atoms with E-state index in [4.69, 9.17) is 5.73 Å². The second kappa shape index (κ2) is 8.02. The Labute approximate surface area is 172 Å². The normalized spacial score (nSPS) is 13.0. The molecule has 150 valence electrons. The molecule has 1 atom stereocenters. The van der Waals surface area contributed by atoms with Crippen molar-refractivity contribution in [3.63, 3.8) is 0 Å². The third-order valence-electron chi connectivity index (χ3n) is 4.83. The molecule has 29 heavy (non-hydrogen) atoms. The summed E-state index contributed by atoms with van der Waals surface area (Å²) < 4.78 is 43.7. The molecule has 0 aliphatic rings. The number of hydrogen-bond donors (Lipinski definition) is 1. The summed E-state index contributed by atoms with van der Waals surface area (Å²) in [6.07, 6.45) is -1.87. The quantitative estimate of drug-likeness (QED) is 0.404. The molecule has 3 aromatic rings. The van der Waals surface area contributed by atoms with Gasteiger partial charge in [0, 0.05) is 28.0 Å². The molecule has 0 radical (unpaired) electrons. The van der Waals surface area contributed by atoms with E-state index >= 15 is 0 Å². The molecule has 0 aliphatic carbocycles. The molecule has 1 heterocycles. The van der Waals surface area contributed by atoms with E-state index in [1.54, 1.807) is 6.08 Å². The first-order valence-electron chi connectivity index (χ1n) is 9.08. The van der Waals surface area contributed by atoms with Crippen LogP contribution in [-0.4, -0.2) is 10.4 Å². The molecule has 0 saturated carbocycles. The van der Waals surface area contributed by atoms with Gasteiger partial charge in [-0.25, -0.2) is 0 Å². The van der Waals surface area contributed by atoms with E-state index in [2.05, 4.69) is 22.8 Å². The van der Waals surface area contributed by atoms with Crippen LogP contribution in [-0.2, 0) is 6.18 Å². The van der Waals surface area contributed by atoms with Gasteiger partial charge >= 0.3 is 6.18 Å². The van der Waals surface area contributed by atoms with E-state index < -0.39 is 11.7 Å². The predicted octanol–water partition coefficient (Wildman–Crippen LogP) is 6.26. The summed E-state index contributed by atoms with van der Waals surface area (Å²) in [5, 5.41) is 0.892. The molecule has 0 amide bonds. The van der Waals surface area contributed by atoms with Crippen molar-refractivity contribution in [1.29, 1.82) is 0 Å². The SMILES string of the molecule is C=CCC(N)C(C)(C)C#Cc1ccc2c(-c3ccc(C(F)(F)F)cc3)nsc2c1. The van der Waals surface area contributed by atoms with Crippen molar-refractivity contribution >= 4 is 21.6 Å². The molecule has 0 spiro atoms. The fourth-order valence-corrected chi connectivity index (χ4v) is 3.68. The smallest absolute Gasteiger partial charge is 0.326 e. The lowest BCUT2D eigenvalue weighted by molar-refractivity contribution is -0.137. The highest BCUT2D eigenvalue weighted by Gasteiger charge is 2.30. The largest absolute Gasteiger partial charge is 0.416 e. The molecule has 0 bridgehead atoms. The van der Waals surface area contributed by atoms with Gasteiger partial charge in [0.1, 0.15) is 0 Å². The van der Waals surface area contributed by atoms with Gasteiger partial charge in [-0.2, -0.15) is 17.5 Å². The van der Waals surface area contributed by atoms with Crippen molar-refractivity contribution < 1.29 is 13.2 Å². The van der Waals surface area contributed by atoms with Crippen molar-refractivity contribution in [1.82, 2.24) is 4.37 Å². The zero-order chi connectivity index (χ0) is 21.2. The standard InChI is InChI=1S/C23H21F3N2S/c1-4-5-20(27)22(2,3)13-12-15-6-11-18-19(14-15)29-28-21(18)16-7-9-17(10-8-16)23(24,25)26/h4,6-11,14,20H,1,5,27H2,2-3H3. The Morgan fingerprint density at radius 1 is 1.17 bits per heavy atom. The number of fused-ring (bicyclic) bond motifs is 1. The average molecular weight is 414 g/mol. The average Bonchev–Trinajstić information content (AvgIpc) is 3.09. The fraction of sp³-hybridized carbons (Fsp3) is 0.261. The Morgan fingerprint density at radius 2 is 1.86 bits per heavy atom. The lowest BCUT2D eigenvalue weighted by Gasteiger charge is -2.24.